The molecule has 1 aromatic carbocycles. The predicted octanol–water partition coefficient (Wildman–Crippen LogP) is 4.18. The standard InChI is InChI=1S/C11H4F6NO/c12-10(13,14)7-3-6(9-18-1-2-19-9)4-8(5-7)11(15,16)17/h2-5H. The molecule has 19 heavy (non-hydrogen) atoms. The molecule has 8 heteroatoms. The van der Waals surface area contributed by atoms with Gasteiger partial charge < -0.3 is 4.42 Å². The van der Waals surface area contributed by atoms with E-state index in [9.17, 15) is 26.3 Å². The summed E-state index contributed by atoms with van der Waals surface area (Å²) in [6, 6.07) is 1.11. The Kier molecular flexibility index (Phi) is 3.03. The Bertz CT molecular complexity index is 538. The van der Waals surface area contributed by atoms with Crippen molar-refractivity contribution in [2.24, 2.45) is 0 Å². The van der Waals surface area contributed by atoms with Crippen LogP contribution in [0.15, 0.2) is 28.9 Å². The van der Waals surface area contributed by atoms with Crippen LogP contribution in [0.4, 0.5) is 26.3 Å². The Hall–Kier alpha value is -1.99. The second-order valence-corrected chi connectivity index (χ2v) is 3.58. The number of nitrogens with zero attached hydrogens (tertiary/aromatic N) is 1. The van der Waals surface area contributed by atoms with Gasteiger partial charge in [-0.15, -0.1) is 0 Å². The van der Waals surface area contributed by atoms with E-state index < -0.39 is 29.0 Å². The first kappa shape index (κ1) is 13.4. The SMILES string of the molecule is FC(F)(F)c1cc(-c2n[c]co2)cc(C(F)(F)F)c1. The number of aromatic nitrogens is 1. The zero-order valence-electron chi connectivity index (χ0n) is 8.93. The number of alkyl halides is 6. The fourth-order valence-corrected chi connectivity index (χ4v) is 1.40. The van der Waals surface area contributed by atoms with Crippen molar-refractivity contribution in [1.82, 2.24) is 4.98 Å². The van der Waals surface area contributed by atoms with Gasteiger partial charge in [-0.2, -0.15) is 26.3 Å². The molecular formula is C11H4F6NO. The highest BCUT2D eigenvalue weighted by Crippen LogP contribution is 2.38. The highest BCUT2D eigenvalue weighted by Gasteiger charge is 2.37. The quantitative estimate of drug-likeness (QED) is 0.732. The van der Waals surface area contributed by atoms with E-state index in [2.05, 4.69) is 15.6 Å². The summed E-state index contributed by atoms with van der Waals surface area (Å²) in [6.07, 6.45) is -6.69. The van der Waals surface area contributed by atoms with Gasteiger partial charge >= 0.3 is 12.4 Å². The van der Waals surface area contributed by atoms with Gasteiger partial charge in [0.15, 0.2) is 0 Å². The minimum absolute atomic E-state index is 0.0379. The molecule has 0 spiro atoms. The van der Waals surface area contributed by atoms with Crippen LogP contribution in [0.5, 0.6) is 0 Å². The molecule has 0 aliphatic carbocycles. The normalized spacial score (nSPS) is 12.7. The molecule has 2 rings (SSSR count). The Labute approximate surface area is 102 Å². The third-order valence-electron chi connectivity index (χ3n) is 2.22. The van der Waals surface area contributed by atoms with E-state index in [1.54, 1.807) is 0 Å². The van der Waals surface area contributed by atoms with Gasteiger partial charge in [-0.1, -0.05) is 0 Å². The Balaban J connectivity index is 2.62. The predicted molar refractivity (Wildman–Crippen MR) is 50.8 cm³/mol. The molecule has 2 nitrogen and oxygen atoms in total. The van der Waals surface area contributed by atoms with Gasteiger partial charge in [0.25, 0.3) is 0 Å². The first-order chi connectivity index (χ1) is 8.68. The van der Waals surface area contributed by atoms with Crippen molar-refractivity contribution < 1.29 is 30.8 Å². The number of benzene rings is 1. The summed E-state index contributed by atoms with van der Waals surface area (Å²) in [5.74, 6) is -0.364. The molecular weight excluding hydrogens is 276 g/mol. The van der Waals surface area contributed by atoms with Crippen molar-refractivity contribution in [1.29, 1.82) is 0 Å². The van der Waals surface area contributed by atoms with Gasteiger partial charge in [0.05, 0.1) is 11.1 Å². The molecule has 0 amide bonds. The minimum Gasteiger partial charge on any atom is -0.444 e. The van der Waals surface area contributed by atoms with E-state index in [1.807, 2.05) is 0 Å². The van der Waals surface area contributed by atoms with Crippen LogP contribution in [0.2, 0.25) is 0 Å². The molecule has 0 unspecified atom stereocenters. The highest BCUT2D eigenvalue weighted by molar-refractivity contribution is 5.56. The lowest BCUT2D eigenvalue weighted by Crippen LogP contribution is -2.11. The Morgan fingerprint density at radius 3 is 1.79 bits per heavy atom. The summed E-state index contributed by atoms with van der Waals surface area (Å²) in [5.41, 5.74) is -3.26. The smallest absolute Gasteiger partial charge is 0.416 e. The van der Waals surface area contributed by atoms with E-state index in [-0.39, 0.29) is 12.0 Å². The molecule has 0 aliphatic rings. The lowest BCUT2D eigenvalue weighted by atomic mass is 10.0. The number of hydrogen-bond acceptors (Lipinski definition) is 2. The molecule has 101 valence electrons. The number of rotatable bonds is 1. The minimum atomic E-state index is -4.90. The van der Waals surface area contributed by atoms with Crippen LogP contribution in [0.3, 0.4) is 0 Å². The molecule has 0 fully saturated rings. The topological polar surface area (TPSA) is 26.0 Å². The molecule has 2 aromatic rings. The van der Waals surface area contributed by atoms with E-state index in [4.69, 9.17) is 0 Å². The van der Waals surface area contributed by atoms with Gasteiger partial charge in [0.2, 0.25) is 5.89 Å². The molecule has 0 bridgehead atoms. The van der Waals surface area contributed by atoms with Crippen LogP contribution >= 0.6 is 0 Å². The lowest BCUT2D eigenvalue weighted by Gasteiger charge is -2.12. The van der Waals surface area contributed by atoms with Crippen LogP contribution < -0.4 is 0 Å². The summed E-state index contributed by atoms with van der Waals surface area (Å²) in [7, 11) is 0. The van der Waals surface area contributed by atoms with Crippen molar-refractivity contribution in [2.45, 2.75) is 12.4 Å². The average Bonchev–Trinajstić information content (AvgIpc) is 2.79. The van der Waals surface area contributed by atoms with Crippen LogP contribution in [0.1, 0.15) is 11.1 Å². The third kappa shape index (κ3) is 2.88. The number of hydrogen-bond donors (Lipinski definition) is 0. The largest absolute Gasteiger partial charge is 0.444 e. The first-order valence-corrected chi connectivity index (χ1v) is 4.79. The maximum atomic E-state index is 12.6. The maximum Gasteiger partial charge on any atom is 0.416 e. The van der Waals surface area contributed by atoms with Crippen molar-refractivity contribution in [2.75, 3.05) is 0 Å². The first-order valence-electron chi connectivity index (χ1n) is 4.79. The summed E-state index contributed by atoms with van der Waals surface area (Å²) in [6.45, 7) is 0. The number of oxazole rings is 1. The fraction of sp³-hybridized carbons (Fsp3) is 0.182. The molecule has 1 radical (unpaired) electrons. The Morgan fingerprint density at radius 1 is 0.895 bits per heavy atom. The van der Waals surface area contributed by atoms with Crippen LogP contribution in [-0.2, 0) is 12.4 Å². The number of halogens is 6. The average molecular weight is 280 g/mol. The third-order valence-corrected chi connectivity index (χ3v) is 2.22. The van der Waals surface area contributed by atoms with E-state index >= 15 is 0 Å². The van der Waals surface area contributed by atoms with Crippen molar-refractivity contribution >= 4 is 0 Å². The molecule has 0 saturated carbocycles. The lowest BCUT2D eigenvalue weighted by molar-refractivity contribution is -0.143. The van der Waals surface area contributed by atoms with E-state index in [0.717, 1.165) is 6.26 Å². The van der Waals surface area contributed by atoms with Crippen molar-refractivity contribution in [3.63, 3.8) is 0 Å². The molecule has 1 aromatic heterocycles. The maximum absolute atomic E-state index is 12.6. The fourth-order valence-electron chi connectivity index (χ4n) is 1.40. The van der Waals surface area contributed by atoms with Crippen molar-refractivity contribution in [3.05, 3.63) is 41.8 Å². The van der Waals surface area contributed by atoms with E-state index in [1.165, 1.54) is 0 Å². The van der Waals surface area contributed by atoms with Gasteiger partial charge in [-0.3, -0.25) is 0 Å². The molecule has 0 aliphatic heterocycles. The summed E-state index contributed by atoms with van der Waals surface area (Å²) >= 11 is 0. The Morgan fingerprint density at radius 2 is 1.42 bits per heavy atom. The summed E-state index contributed by atoms with van der Waals surface area (Å²) < 4.78 is 80.0. The van der Waals surface area contributed by atoms with Gasteiger partial charge in [-0.25, -0.2) is 4.98 Å². The second-order valence-electron chi connectivity index (χ2n) is 3.58. The van der Waals surface area contributed by atoms with Crippen LogP contribution in [0.25, 0.3) is 11.5 Å². The molecule has 0 atom stereocenters. The second kappa shape index (κ2) is 4.29. The molecule has 0 N–H and O–H groups in total. The molecule has 1 heterocycles. The highest BCUT2D eigenvalue weighted by atomic mass is 19.4. The van der Waals surface area contributed by atoms with Crippen LogP contribution in [0, 0.1) is 6.20 Å². The van der Waals surface area contributed by atoms with Crippen LogP contribution in [-0.4, -0.2) is 4.98 Å². The summed E-state index contributed by atoms with van der Waals surface area (Å²) in [4.78, 5) is 3.41. The van der Waals surface area contributed by atoms with Gasteiger partial charge in [0.1, 0.15) is 12.5 Å². The molecule has 0 saturated heterocycles. The van der Waals surface area contributed by atoms with Gasteiger partial charge in [0, 0.05) is 5.56 Å². The zero-order valence-corrected chi connectivity index (χ0v) is 8.93. The zero-order chi connectivity index (χ0) is 14.3. The summed E-state index contributed by atoms with van der Waals surface area (Å²) in [5, 5.41) is 0. The van der Waals surface area contributed by atoms with Crippen molar-refractivity contribution in [3.8, 4) is 11.5 Å². The van der Waals surface area contributed by atoms with E-state index in [0.29, 0.717) is 12.1 Å². The van der Waals surface area contributed by atoms with Gasteiger partial charge in [-0.05, 0) is 18.2 Å². The monoisotopic (exact) mass is 280 g/mol.